The van der Waals surface area contributed by atoms with Gasteiger partial charge in [-0.3, -0.25) is 0 Å². The van der Waals surface area contributed by atoms with Crippen molar-refractivity contribution in [1.82, 2.24) is 0 Å². The van der Waals surface area contributed by atoms with Crippen LogP contribution in [0.5, 0.6) is 0 Å². The molecule has 0 aliphatic rings. The molecule has 2 nitrogen and oxygen atoms in total. The first-order valence-electron chi connectivity index (χ1n) is 5.16. The Hall–Kier alpha value is -1.54. The summed E-state index contributed by atoms with van der Waals surface area (Å²) >= 11 is 0. The van der Waals surface area contributed by atoms with Crippen molar-refractivity contribution in [3.8, 4) is 0 Å². The quantitative estimate of drug-likeness (QED) is 0.770. The predicted molar refractivity (Wildman–Crippen MR) is 62.6 cm³/mol. The van der Waals surface area contributed by atoms with Crippen LogP contribution in [0.15, 0.2) is 47.4 Å². The minimum Gasteiger partial charge on any atom is -0.459 e. The Bertz CT molecular complexity index is 425. The van der Waals surface area contributed by atoms with E-state index in [2.05, 4.69) is 6.58 Å². The number of furan rings is 1. The molecule has 78 valence electrons. The van der Waals surface area contributed by atoms with Gasteiger partial charge in [-0.1, -0.05) is 24.3 Å². The lowest BCUT2D eigenvalue weighted by Gasteiger charge is -2.05. The molecule has 0 saturated heterocycles. The highest BCUT2D eigenvalue weighted by Crippen LogP contribution is 2.24. The highest BCUT2D eigenvalue weighted by atomic mass is 16.3. The highest BCUT2D eigenvalue weighted by molar-refractivity contribution is 5.77. The first-order chi connectivity index (χ1) is 7.31. The number of benzene rings is 1. The molecular formula is C13H15NO. The molecule has 1 aromatic carbocycles. The van der Waals surface area contributed by atoms with Crippen LogP contribution in [-0.4, -0.2) is 0 Å². The summed E-state index contributed by atoms with van der Waals surface area (Å²) in [5, 5.41) is 1.11. The summed E-state index contributed by atoms with van der Waals surface area (Å²) in [6.45, 7) is 3.68. The molecule has 2 aromatic rings. The zero-order valence-corrected chi connectivity index (χ0v) is 8.65. The third-order valence-corrected chi connectivity index (χ3v) is 2.49. The molecule has 2 rings (SSSR count). The first kappa shape index (κ1) is 9.99. The average Bonchev–Trinajstić information content (AvgIpc) is 2.69. The number of nitrogens with two attached hydrogens (primary N) is 1. The van der Waals surface area contributed by atoms with E-state index in [0.717, 1.165) is 29.6 Å². The SMILES string of the molecule is C=CCCC(N)c1cc2ccccc2o1. The van der Waals surface area contributed by atoms with E-state index in [4.69, 9.17) is 10.2 Å². The predicted octanol–water partition coefficient (Wildman–Crippen LogP) is 3.40. The van der Waals surface area contributed by atoms with Crippen LogP contribution in [0.1, 0.15) is 24.6 Å². The maximum atomic E-state index is 6.00. The first-order valence-corrected chi connectivity index (χ1v) is 5.16. The van der Waals surface area contributed by atoms with Crippen LogP contribution >= 0.6 is 0 Å². The smallest absolute Gasteiger partial charge is 0.134 e. The number of fused-ring (bicyclic) bond motifs is 1. The minimum absolute atomic E-state index is 0.0320. The molecular weight excluding hydrogens is 186 g/mol. The van der Waals surface area contributed by atoms with Gasteiger partial charge in [0, 0.05) is 5.39 Å². The van der Waals surface area contributed by atoms with Crippen molar-refractivity contribution >= 4 is 11.0 Å². The third-order valence-electron chi connectivity index (χ3n) is 2.49. The Morgan fingerprint density at radius 2 is 2.20 bits per heavy atom. The molecule has 0 fully saturated rings. The second-order valence-electron chi connectivity index (χ2n) is 3.66. The topological polar surface area (TPSA) is 39.2 Å². The van der Waals surface area contributed by atoms with Gasteiger partial charge < -0.3 is 10.2 Å². The van der Waals surface area contributed by atoms with Gasteiger partial charge in [0.1, 0.15) is 11.3 Å². The van der Waals surface area contributed by atoms with Gasteiger partial charge in [0.2, 0.25) is 0 Å². The minimum atomic E-state index is -0.0320. The number of hydrogen-bond acceptors (Lipinski definition) is 2. The molecule has 0 aliphatic carbocycles. The van der Waals surface area contributed by atoms with E-state index in [0.29, 0.717) is 0 Å². The molecule has 0 bridgehead atoms. The van der Waals surface area contributed by atoms with E-state index in [-0.39, 0.29) is 6.04 Å². The molecule has 1 heterocycles. The fraction of sp³-hybridized carbons (Fsp3) is 0.231. The van der Waals surface area contributed by atoms with Crippen LogP contribution in [0.4, 0.5) is 0 Å². The van der Waals surface area contributed by atoms with Crippen LogP contribution in [0.2, 0.25) is 0 Å². The van der Waals surface area contributed by atoms with E-state index in [1.807, 2.05) is 36.4 Å². The van der Waals surface area contributed by atoms with Gasteiger partial charge in [-0.05, 0) is 25.0 Å². The zero-order valence-electron chi connectivity index (χ0n) is 8.65. The molecule has 0 aliphatic heterocycles. The normalized spacial score (nSPS) is 12.9. The maximum Gasteiger partial charge on any atom is 0.134 e. The Morgan fingerprint density at radius 3 is 2.93 bits per heavy atom. The van der Waals surface area contributed by atoms with E-state index in [1.54, 1.807) is 0 Å². The lowest BCUT2D eigenvalue weighted by Crippen LogP contribution is -2.08. The molecule has 0 saturated carbocycles. The van der Waals surface area contributed by atoms with E-state index >= 15 is 0 Å². The standard InChI is InChI=1S/C13H15NO/c1-2-3-7-11(14)13-9-10-6-4-5-8-12(10)15-13/h2,4-6,8-9,11H,1,3,7,14H2. The Balaban J connectivity index is 2.24. The summed E-state index contributed by atoms with van der Waals surface area (Å²) in [5.74, 6) is 0.859. The summed E-state index contributed by atoms with van der Waals surface area (Å²) in [6.07, 6.45) is 3.67. The number of para-hydroxylation sites is 1. The fourth-order valence-electron chi connectivity index (χ4n) is 1.62. The average molecular weight is 201 g/mol. The van der Waals surface area contributed by atoms with Gasteiger partial charge >= 0.3 is 0 Å². The molecule has 1 aromatic heterocycles. The van der Waals surface area contributed by atoms with Gasteiger partial charge in [0.15, 0.2) is 0 Å². The molecule has 0 radical (unpaired) electrons. The molecule has 15 heavy (non-hydrogen) atoms. The third kappa shape index (κ3) is 2.10. The number of rotatable bonds is 4. The molecule has 2 N–H and O–H groups in total. The number of hydrogen-bond donors (Lipinski definition) is 1. The fourth-order valence-corrected chi connectivity index (χ4v) is 1.62. The van der Waals surface area contributed by atoms with Crippen molar-refractivity contribution in [1.29, 1.82) is 0 Å². The molecule has 1 unspecified atom stereocenters. The summed E-state index contributed by atoms with van der Waals surface area (Å²) in [6, 6.07) is 9.93. The van der Waals surface area contributed by atoms with E-state index in [9.17, 15) is 0 Å². The van der Waals surface area contributed by atoms with Crippen molar-refractivity contribution in [3.63, 3.8) is 0 Å². The lowest BCUT2D eigenvalue weighted by atomic mass is 10.1. The Kier molecular flexibility index (Phi) is 2.88. The van der Waals surface area contributed by atoms with Crippen molar-refractivity contribution in [3.05, 3.63) is 48.7 Å². The second kappa shape index (κ2) is 4.32. The van der Waals surface area contributed by atoms with Gasteiger partial charge in [0.25, 0.3) is 0 Å². The molecule has 0 amide bonds. The van der Waals surface area contributed by atoms with Gasteiger partial charge in [-0.2, -0.15) is 0 Å². The van der Waals surface area contributed by atoms with Crippen LogP contribution in [-0.2, 0) is 0 Å². The molecule has 1 atom stereocenters. The summed E-state index contributed by atoms with van der Waals surface area (Å²) in [4.78, 5) is 0. The van der Waals surface area contributed by atoms with Crippen LogP contribution in [0, 0.1) is 0 Å². The Labute approximate surface area is 89.4 Å². The van der Waals surface area contributed by atoms with E-state index < -0.39 is 0 Å². The molecule has 0 spiro atoms. The van der Waals surface area contributed by atoms with Crippen LogP contribution in [0.25, 0.3) is 11.0 Å². The summed E-state index contributed by atoms with van der Waals surface area (Å²) in [5.41, 5.74) is 6.91. The number of allylic oxidation sites excluding steroid dienone is 1. The summed E-state index contributed by atoms with van der Waals surface area (Å²) < 4.78 is 5.67. The van der Waals surface area contributed by atoms with Crippen LogP contribution in [0.3, 0.4) is 0 Å². The van der Waals surface area contributed by atoms with Gasteiger partial charge in [0.05, 0.1) is 6.04 Å². The van der Waals surface area contributed by atoms with Crippen molar-refractivity contribution < 1.29 is 4.42 Å². The summed E-state index contributed by atoms with van der Waals surface area (Å²) in [7, 11) is 0. The van der Waals surface area contributed by atoms with Gasteiger partial charge in [-0.15, -0.1) is 6.58 Å². The van der Waals surface area contributed by atoms with Crippen molar-refractivity contribution in [2.45, 2.75) is 18.9 Å². The van der Waals surface area contributed by atoms with Crippen LogP contribution < -0.4 is 5.73 Å². The van der Waals surface area contributed by atoms with Gasteiger partial charge in [-0.25, -0.2) is 0 Å². The Morgan fingerprint density at radius 1 is 1.40 bits per heavy atom. The van der Waals surface area contributed by atoms with E-state index in [1.165, 1.54) is 0 Å². The zero-order chi connectivity index (χ0) is 10.7. The van der Waals surface area contributed by atoms with Crippen molar-refractivity contribution in [2.75, 3.05) is 0 Å². The maximum absolute atomic E-state index is 6.00. The second-order valence-corrected chi connectivity index (χ2v) is 3.66. The van der Waals surface area contributed by atoms with Crippen molar-refractivity contribution in [2.24, 2.45) is 5.73 Å². The lowest BCUT2D eigenvalue weighted by molar-refractivity contribution is 0.480. The molecule has 2 heteroatoms. The largest absolute Gasteiger partial charge is 0.459 e. The highest BCUT2D eigenvalue weighted by Gasteiger charge is 2.10. The monoisotopic (exact) mass is 201 g/mol.